The standard InChI is InChI=1S/C17H28N2O/c1-4-9-19-17(14-7-5-6-8-14)15-10-16(12-18-11-15)20-13(2)3/h10-14,17,19H,4-9H2,1-3H3. The first kappa shape index (κ1) is 15.3. The van der Waals surface area contributed by atoms with Crippen molar-refractivity contribution in [3.63, 3.8) is 0 Å². The number of nitrogens with one attached hydrogen (secondary N) is 1. The summed E-state index contributed by atoms with van der Waals surface area (Å²) in [4.78, 5) is 4.37. The van der Waals surface area contributed by atoms with Gasteiger partial charge < -0.3 is 10.1 Å². The van der Waals surface area contributed by atoms with Gasteiger partial charge >= 0.3 is 0 Å². The van der Waals surface area contributed by atoms with Crippen molar-refractivity contribution in [1.82, 2.24) is 10.3 Å². The molecule has 1 aromatic rings. The molecule has 0 aliphatic heterocycles. The zero-order valence-electron chi connectivity index (χ0n) is 13.1. The Hall–Kier alpha value is -1.09. The van der Waals surface area contributed by atoms with Gasteiger partial charge in [0.2, 0.25) is 0 Å². The van der Waals surface area contributed by atoms with E-state index in [-0.39, 0.29) is 6.10 Å². The fourth-order valence-electron chi connectivity index (χ4n) is 3.09. The molecule has 0 spiro atoms. The van der Waals surface area contributed by atoms with Gasteiger partial charge in [0.25, 0.3) is 0 Å². The van der Waals surface area contributed by atoms with Gasteiger partial charge in [0.15, 0.2) is 0 Å². The highest BCUT2D eigenvalue weighted by Gasteiger charge is 2.26. The van der Waals surface area contributed by atoms with E-state index < -0.39 is 0 Å². The molecule has 1 N–H and O–H groups in total. The van der Waals surface area contributed by atoms with E-state index in [1.807, 2.05) is 12.4 Å². The van der Waals surface area contributed by atoms with Gasteiger partial charge in [0.1, 0.15) is 5.75 Å². The number of nitrogens with zero attached hydrogens (tertiary/aromatic N) is 1. The summed E-state index contributed by atoms with van der Waals surface area (Å²) < 4.78 is 5.78. The third-order valence-corrected chi connectivity index (χ3v) is 3.95. The van der Waals surface area contributed by atoms with Crippen molar-refractivity contribution < 1.29 is 4.74 Å². The lowest BCUT2D eigenvalue weighted by Crippen LogP contribution is -2.28. The number of hydrogen-bond donors (Lipinski definition) is 1. The molecule has 1 aromatic heterocycles. The molecular weight excluding hydrogens is 248 g/mol. The molecular formula is C17H28N2O. The Morgan fingerprint density at radius 3 is 2.70 bits per heavy atom. The van der Waals surface area contributed by atoms with Gasteiger partial charge in [-0.3, -0.25) is 4.98 Å². The quantitative estimate of drug-likeness (QED) is 0.814. The summed E-state index contributed by atoms with van der Waals surface area (Å²) in [5, 5.41) is 3.71. The minimum atomic E-state index is 0.195. The number of aromatic nitrogens is 1. The summed E-state index contributed by atoms with van der Waals surface area (Å²) >= 11 is 0. The summed E-state index contributed by atoms with van der Waals surface area (Å²) in [5.41, 5.74) is 1.28. The van der Waals surface area contributed by atoms with Gasteiger partial charge in [-0.15, -0.1) is 0 Å². The maximum absolute atomic E-state index is 5.78. The van der Waals surface area contributed by atoms with Gasteiger partial charge in [0.05, 0.1) is 12.3 Å². The zero-order valence-corrected chi connectivity index (χ0v) is 13.1. The summed E-state index contributed by atoms with van der Waals surface area (Å²) in [7, 11) is 0. The molecule has 3 nitrogen and oxygen atoms in total. The zero-order chi connectivity index (χ0) is 14.4. The van der Waals surface area contributed by atoms with Gasteiger partial charge in [-0.2, -0.15) is 0 Å². The molecule has 1 aliphatic carbocycles. The Labute approximate surface area is 123 Å². The van der Waals surface area contributed by atoms with Crippen LogP contribution in [0.3, 0.4) is 0 Å². The van der Waals surface area contributed by atoms with Gasteiger partial charge in [-0.1, -0.05) is 19.8 Å². The van der Waals surface area contributed by atoms with Gasteiger partial charge in [-0.05, 0) is 57.2 Å². The fourth-order valence-corrected chi connectivity index (χ4v) is 3.09. The number of pyridine rings is 1. The van der Waals surface area contributed by atoms with Crippen LogP contribution in [-0.4, -0.2) is 17.6 Å². The van der Waals surface area contributed by atoms with E-state index >= 15 is 0 Å². The molecule has 1 unspecified atom stereocenters. The highest BCUT2D eigenvalue weighted by atomic mass is 16.5. The summed E-state index contributed by atoms with van der Waals surface area (Å²) in [5.74, 6) is 1.64. The van der Waals surface area contributed by atoms with Crippen molar-refractivity contribution >= 4 is 0 Å². The van der Waals surface area contributed by atoms with Crippen LogP contribution in [-0.2, 0) is 0 Å². The largest absolute Gasteiger partial charge is 0.489 e. The molecule has 0 saturated heterocycles. The van der Waals surface area contributed by atoms with Crippen LogP contribution in [0.25, 0.3) is 0 Å². The second-order valence-corrected chi connectivity index (χ2v) is 6.10. The van der Waals surface area contributed by atoms with Crippen LogP contribution in [0.1, 0.15) is 64.5 Å². The maximum atomic E-state index is 5.78. The summed E-state index contributed by atoms with van der Waals surface area (Å²) in [6, 6.07) is 2.60. The molecule has 0 bridgehead atoms. The lowest BCUT2D eigenvalue weighted by Gasteiger charge is -2.25. The topological polar surface area (TPSA) is 34.2 Å². The lowest BCUT2D eigenvalue weighted by molar-refractivity contribution is 0.240. The SMILES string of the molecule is CCCNC(c1cncc(OC(C)C)c1)C1CCCC1. The predicted molar refractivity (Wildman–Crippen MR) is 83.0 cm³/mol. The van der Waals surface area contributed by atoms with Gasteiger partial charge in [0, 0.05) is 12.2 Å². The van der Waals surface area contributed by atoms with E-state index in [0.717, 1.165) is 18.2 Å². The molecule has 0 amide bonds. The molecule has 1 heterocycles. The Morgan fingerprint density at radius 1 is 1.30 bits per heavy atom. The first-order chi connectivity index (χ1) is 9.70. The van der Waals surface area contributed by atoms with E-state index in [4.69, 9.17) is 4.74 Å². The van der Waals surface area contributed by atoms with Gasteiger partial charge in [-0.25, -0.2) is 0 Å². The number of hydrogen-bond acceptors (Lipinski definition) is 3. The van der Waals surface area contributed by atoms with Crippen molar-refractivity contribution in [2.75, 3.05) is 6.54 Å². The number of rotatable bonds is 7. The van der Waals surface area contributed by atoms with Crippen LogP contribution in [0.5, 0.6) is 5.75 Å². The smallest absolute Gasteiger partial charge is 0.138 e. The Bertz CT molecular complexity index is 400. The van der Waals surface area contributed by atoms with E-state index in [2.05, 4.69) is 37.1 Å². The minimum Gasteiger partial charge on any atom is -0.489 e. The van der Waals surface area contributed by atoms with Crippen molar-refractivity contribution in [1.29, 1.82) is 0 Å². The lowest BCUT2D eigenvalue weighted by atomic mass is 9.92. The predicted octanol–water partition coefficient (Wildman–Crippen LogP) is 4.10. The molecule has 112 valence electrons. The van der Waals surface area contributed by atoms with Crippen molar-refractivity contribution in [3.8, 4) is 5.75 Å². The highest BCUT2D eigenvalue weighted by Crippen LogP contribution is 2.36. The molecule has 1 aliphatic rings. The van der Waals surface area contributed by atoms with Crippen LogP contribution in [0.4, 0.5) is 0 Å². The molecule has 3 heteroatoms. The van der Waals surface area contributed by atoms with Crippen molar-refractivity contribution in [2.24, 2.45) is 5.92 Å². The molecule has 20 heavy (non-hydrogen) atoms. The van der Waals surface area contributed by atoms with E-state index in [0.29, 0.717) is 6.04 Å². The highest BCUT2D eigenvalue weighted by molar-refractivity contribution is 5.27. The van der Waals surface area contributed by atoms with Crippen LogP contribution < -0.4 is 10.1 Å². The summed E-state index contributed by atoms with van der Waals surface area (Å²) in [6.07, 6.45) is 10.6. The van der Waals surface area contributed by atoms with E-state index in [1.165, 1.54) is 37.7 Å². The maximum Gasteiger partial charge on any atom is 0.138 e. The molecule has 1 atom stereocenters. The van der Waals surface area contributed by atoms with Crippen LogP contribution in [0, 0.1) is 5.92 Å². The average Bonchev–Trinajstić information content (AvgIpc) is 2.93. The molecule has 2 rings (SSSR count). The molecule has 1 fully saturated rings. The number of ether oxygens (including phenoxy) is 1. The van der Waals surface area contributed by atoms with Crippen LogP contribution in [0.15, 0.2) is 18.5 Å². The molecule has 1 saturated carbocycles. The molecule has 0 radical (unpaired) electrons. The summed E-state index contributed by atoms with van der Waals surface area (Å²) in [6.45, 7) is 7.39. The second kappa shape index (κ2) is 7.63. The first-order valence-corrected chi connectivity index (χ1v) is 8.05. The van der Waals surface area contributed by atoms with E-state index in [9.17, 15) is 0 Å². The third-order valence-electron chi connectivity index (χ3n) is 3.95. The van der Waals surface area contributed by atoms with Crippen molar-refractivity contribution in [3.05, 3.63) is 24.0 Å². The Balaban J connectivity index is 2.14. The Morgan fingerprint density at radius 2 is 2.05 bits per heavy atom. The monoisotopic (exact) mass is 276 g/mol. The normalized spacial score (nSPS) is 17.6. The second-order valence-electron chi connectivity index (χ2n) is 6.10. The van der Waals surface area contributed by atoms with Crippen LogP contribution >= 0.6 is 0 Å². The molecule has 0 aromatic carbocycles. The fraction of sp³-hybridized carbons (Fsp3) is 0.706. The first-order valence-electron chi connectivity index (χ1n) is 8.05. The Kier molecular flexibility index (Phi) is 5.84. The van der Waals surface area contributed by atoms with E-state index in [1.54, 1.807) is 0 Å². The average molecular weight is 276 g/mol. The minimum absolute atomic E-state index is 0.195. The third kappa shape index (κ3) is 4.20. The van der Waals surface area contributed by atoms with Crippen molar-refractivity contribution in [2.45, 2.75) is 65.0 Å². The van der Waals surface area contributed by atoms with Crippen LogP contribution in [0.2, 0.25) is 0 Å².